The van der Waals surface area contributed by atoms with E-state index >= 15 is 0 Å². The van der Waals surface area contributed by atoms with Crippen LogP contribution >= 0.6 is 11.6 Å². The number of rotatable bonds is 3. The molecule has 2 N–H and O–H groups in total. The summed E-state index contributed by atoms with van der Waals surface area (Å²) < 4.78 is 18.3. The molecule has 7 heteroatoms. The molecular formula is C23H22ClFN2O3. The third-order valence-corrected chi connectivity index (χ3v) is 5.07. The Labute approximate surface area is 179 Å². The zero-order valence-corrected chi connectivity index (χ0v) is 17.2. The zero-order chi connectivity index (χ0) is 21.5. The average molecular weight is 429 g/mol. The predicted molar refractivity (Wildman–Crippen MR) is 114 cm³/mol. The van der Waals surface area contributed by atoms with E-state index in [0.29, 0.717) is 22.7 Å². The van der Waals surface area contributed by atoms with Gasteiger partial charge in [-0.15, -0.1) is 0 Å². The van der Waals surface area contributed by atoms with Crippen molar-refractivity contribution in [3.05, 3.63) is 89.1 Å². The summed E-state index contributed by atoms with van der Waals surface area (Å²) in [6, 6.07) is 14.4. The van der Waals surface area contributed by atoms with Gasteiger partial charge < -0.3 is 15.1 Å². The third kappa shape index (κ3) is 5.70. The number of piperidine rings is 1. The molecule has 5 nitrogen and oxygen atoms in total. The molecule has 0 saturated carbocycles. The van der Waals surface area contributed by atoms with Gasteiger partial charge in [-0.2, -0.15) is 0 Å². The fourth-order valence-corrected chi connectivity index (χ4v) is 3.54. The molecule has 3 aromatic rings. The lowest BCUT2D eigenvalue weighted by molar-refractivity contribution is -0.128. The second kappa shape index (κ2) is 10.1. The molecule has 2 atom stereocenters. The van der Waals surface area contributed by atoms with Crippen molar-refractivity contribution in [3.8, 4) is 0 Å². The number of hydrogen-bond donors (Lipinski definition) is 2. The lowest BCUT2D eigenvalue weighted by Gasteiger charge is -2.32. The van der Waals surface area contributed by atoms with E-state index in [4.69, 9.17) is 11.6 Å². The number of anilines is 1. The van der Waals surface area contributed by atoms with E-state index in [1.807, 2.05) is 19.1 Å². The minimum absolute atomic E-state index is 0.138. The van der Waals surface area contributed by atoms with Gasteiger partial charge in [0.1, 0.15) is 5.82 Å². The summed E-state index contributed by atoms with van der Waals surface area (Å²) in [6.45, 7) is 1.83. The number of nitrogens with one attached hydrogen (secondary N) is 2. The molecule has 1 aliphatic heterocycles. The summed E-state index contributed by atoms with van der Waals surface area (Å²) in [5.41, 5.74) is 2.04. The number of hydrogen-bond acceptors (Lipinski definition) is 3. The lowest BCUT2D eigenvalue weighted by atomic mass is 9.83. The summed E-state index contributed by atoms with van der Waals surface area (Å²) in [5.74, 6) is -1.25. The Morgan fingerprint density at radius 2 is 1.93 bits per heavy atom. The van der Waals surface area contributed by atoms with E-state index in [0.717, 1.165) is 5.56 Å². The maximum Gasteiger partial charge on any atom is 0.229 e. The molecule has 1 unspecified atom stereocenters. The van der Waals surface area contributed by atoms with Crippen molar-refractivity contribution in [2.24, 2.45) is 5.92 Å². The Bertz CT molecular complexity index is 990. The van der Waals surface area contributed by atoms with E-state index in [9.17, 15) is 14.0 Å². The molecule has 2 amide bonds. The van der Waals surface area contributed by atoms with Crippen LogP contribution in [0.5, 0.6) is 0 Å². The Hall–Kier alpha value is -3.12. The average Bonchev–Trinajstić information content (AvgIpc) is 3.30. The van der Waals surface area contributed by atoms with Gasteiger partial charge in [0.05, 0.1) is 24.5 Å². The molecule has 2 aromatic carbocycles. The van der Waals surface area contributed by atoms with Crippen LogP contribution in [0, 0.1) is 18.7 Å². The first-order chi connectivity index (χ1) is 14.4. The quantitative estimate of drug-likeness (QED) is 0.596. The molecule has 1 saturated heterocycles. The highest BCUT2D eigenvalue weighted by atomic mass is 35.5. The van der Waals surface area contributed by atoms with Crippen LogP contribution < -0.4 is 10.6 Å². The largest absolute Gasteiger partial charge is 0.473 e. The minimum atomic E-state index is -0.559. The molecule has 4 rings (SSSR count). The van der Waals surface area contributed by atoms with Gasteiger partial charge in [0, 0.05) is 17.1 Å². The topological polar surface area (TPSA) is 71.3 Å². The van der Waals surface area contributed by atoms with Crippen molar-refractivity contribution < 1.29 is 18.4 Å². The summed E-state index contributed by atoms with van der Waals surface area (Å²) in [7, 11) is 0. The summed E-state index contributed by atoms with van der Waals surface area (Å²) in [6.07, 6.45) is 3.91. The zero-order valence-electron chi connectivity index (χ0n) is 16.4. The van der Waals surface area contributed by atoms with Gasteiger partial charge in [-0.05, 0) is 66.9 Å². The van der Waals surface area contributed by atoms with Crippen molar-refractivity contribution in [3.63, 3.8) is 0 Å². The van der Waals surface area contributed by atoms with Crippen LogP contribution in [0.25, 0.3) is 0 Å². The maximum absolute atomic E-state index is 13.7. The number of halogens is 2. The Balaban J connectivity index is 0.000000448. The summed E-state index contributed by atoms with van der Waals surface area (Å²) >= 11 is 5.95. The fourth-order valence-electron chi connectivity index (χ4n) is 3.35. The fraction of sp³-hybridized carbons (Fsp3) is 0.217. The number of aryl methyl sites for hydroxylation is 1. The van der Waals surface area contributed by atoms with E-state index in [1.54, 1.807) is 42.9 Å². The van der Waals surface area contributed by atoms with Crippen molar-refractivity contribution in [2.75, 3.05) is 5.32 Å². The molecular weight excluding hydrogens is 407 g/mol. The van der Waals surface area contributed by atoms with Crippen LogP contribution in [0.15, 0.2) is 71.5 Å². The van der Waals surface area contributed by atoms with Crippen LogP contribution in [0.2, 0.25) is 5.02 Å². The van der Waals surface area contributed by atoms with Gasteiger partial charge in [-0.3, -0.25) is 9.59 Å². The molecule has 1 fully saturated rings. The number of benzene rings is 2. The third-order valence-electron chi connectivity index (χ3n) is 4.83. The van der Waals surface area contributed by atoms with Crippen molar-refractivity contribution >= 4 is 29.1 Å². The first kappa shape index (κ1) is 21.6. The normalized spacial score (nSPS) is 18.0. The van der Waals surface area contributed by atoms with Crippen LogP contribution in [-0.4, -0.2) is 11.8 Å². The van der Waals surface area contributed by atoms with Gasteiger partial charge in [0.25, 0.3) is 0 Å². The van der Waals surface area contributed by atoms with Gasteiger partial charge in [-0.1, -0.05) is 23.7 Å². The smallest absolute Gasteiger partial charge is 0.229 e. The van der Waals surface area contributed by atoms with Crippen molar-refractivity contribution in [1.29, 1.82) is 0 Å². The highest BCUT2D eigenvalue weighted by molar-refractivity contribution is 6.30. The van der Waals surface area contributed by atoms with Crippen LogP contribution in [-0.2, 0) is 9.59 Å². The monoisotopic (exact) mass is 428 g/mol. The SMILES string of the molecule is Cc1ccc(F)cc1[C@H]1NC(=O)CCC1C(=O)Nc1cccc(Cl)c1.c1ccoc1. The first-order valence-electron chi connectivity index (χ1n) is 9.53. The molecule has 1 aromatic heterocycles. The first-order valence-corrected chi connectivity index (χ1v) is 9.91. The molecule has 0 spiro atoms. The van der Waals surface area contributed by atoms with Gasteiger partial charge >= 0.3 is 0 Å². The standard InChI is InChI=1S/C19H18ClFN2O2.C4H4O/c1-11-5-6-13(21)10-16(11)18-15(7-8-17(24)23-18)19(25)22-14-4-2-3-12(20)9-14;1-2-4-5-3-1/h2-6,9-10,15,18H,7-8H2,1H3,(H,22,25)(H,23,24);1-4H/t15?,18-;/m0./s1. The predicted octanol–water partition coefficient (Wildman–Crippen LogP) is 5.27. The second-order valence-corrected chi connectivity index (χ2v) is 7.42. The van der Waals surface area contributed by atoms with Crippen LogP contribution in [0.1, 0.15) is 30.0 Å². The lowest BCUT2D eigenvalue weighted by Crippen LogP contribution is -2.43. The summed E-state index contributed by atoms with van der Waals surface area (Å²) in [4.78, 5) is 24.6. The molecule has 2 heterocycles. The van der Waals surface area contributed by atoms with Gasteiger partial charge in [0.15, 0.2) is 0 Å². The van der Waals surface area contributed by atoms with Gasteiger partial charge in [-0.25, -0.2) is 4.39 Å². The number of carbonyl (C=O) groups is 2. The molecule has 30 heavy (non-hydrogen) atoms. The highest BCUT2D eigenvalue weighted by Crippen LogP contribution is 2.33. The highest BCUT2D eigenvalue weighted by Gasteiger charge is 2.35. The van der Waals surface area contributed by atoms with E-state index < -0.39 is 17.8 Å². The maximum atomic E-state index is 13.7. The molecule has 0 radical (unpaired) electrons. The second-order valence-electron chi connectivity index (χ2n) is 6.98. The number of carbonyl (C=O) groups excluding carboxylic acids is 2. The molecule has 0 bridgehead atoms. The van der Waals surface area contributed by atoms with E-state index in [-0.39, 0.29) is 18.2 Å². The summed E-state index contributed by atoms with van der Waals surface area (Å²) in [5, 5.41) is 6.19. The van der Waals surface area contributed by atoms with Crippen LogP contribution in [0.4, 0.5) is 10.1 Å². The number of furan rings is 1. The van der Waals surface area contributed by atoms with E-state index in [1.165, 1.54) is 12.1 Å². The Morgan fingerprint density at radius 3 is 2.60 bits per heavy atom. The Kier molecular flexibility index (Phi) is 7.25. The van der Waals surface area contributed by atoms with E-state index in [2.05, 4.69) is 15.1 Å². The molecule has 1 aliphatic rings. The van der Waals surface area contributed by atoms with Crippen molar-refractivity contribution in [2.45, 2.75) is 25.8 Å². The van der Waals surface area contributed by atoms with Gasteiger partial charge in [0.2, 0.25) is 11.8 Å². The van der Waals surface area contributed by atoms with Crippen LogP contribution in [0.3, 0.4) is 0 Å². The Morgan fingerprint density at radius 1 is 1.17 bits per heavy atom. The minimum Gasteiger partial charge on any atom is -0.473 e. The molecule has 0 aliphatic carbocycles. The van der Waals surface area contributed by atoms with Crippen molar-refractivity contribution in [1.82, 2.24) is 5.32 Å². The number of amides is 2. The molecule has 156 valence electrons.